The molecule has 3 aromatic rings. The number of benzene rings is 2. The number of aromatic nitrogens is 2. The highest BCUT2D eigenvalue weighted by Gasteiger charge is 2.09. The van der Waals surface area contributed by atoms with Crippen LogP contribution in [0.1, 0.15) is 11.1 Å². The van der Waals surface area contributed by atoms with E-state index in [0.29, 0.717) is 17.3 Å². The summed E-state index contributed by atoms with van der Waals surface area (Å²) in [5, 5.41) is 6.47. The molecule has 0 aliphatic rings. The predicted octanol–water partition coefficient (Wildman–Crippen LogP) is 4.93. The molecule has 0 amide bonds. The van der Waals surface area contributed by atoms with Crippen LogP contribution in [0.15, 0.2) is 53.3 Å². The molecule has 0 atom stereocenters. The monoisotopic (exact) mass is 383 g/mol. The van der Waals surface area contributed by atoms with E-state index in [2.05, 4.69) is 62.5 Å². The maximum Gasteiger partial charge on any atom is 0.159 e. The lowest BCUT2D eigenvalue weighted by atomic mass is 10.1. The molecule has 0 saturated carbocycles. The highest BCUT2D eigenvalue weighted by atomic mass is 79.9. The van der Waals surface area contributed by atoms with Gasteiger partial charge in [-0.1, -0.05) is 28.1 Å². The van der Waals surface area contributed by atoms with E-state index in [4.69, 9.17) is 5.73 Å². The van der Waals surface area contributed by atoms with Gasteiger partial charge in [0.2, 0.25) is 0 Å². The van der Waals surface area contributed by atoms with Crippen molar-refractivity contribution in [2.24, 2.45) is 0 Å². The number of hydrogen-bond donors (Lipinski definition) is 3. The van der Waals surface area contributed by atoms with Gasteiger partial charge in [0.1, 0.15) is 12.0 Å². The van der Waals surface area contributed by atoms with Crippen LogP contribution in [0.3, 0.4) is 0 Å². The van der Waals surface area contributed by atoms with Crippen molar-refractivity contribution < 1.29 is 0 Å². The fourth-order valence-corrected chi connectivity index (χ4v) is 2.65. The third-order valence-corrected chi connectivity index (χ3v) is 4.23. The first-order chi connectivity index (χ1) is 11.5. The van der Waals surface area contributed by atoms with Crippen LogP contribution in [0.2, 0.25) is 0 Å². The second kappa shape index (κ2) is 6.88. The van der Waals surface area contributed by atoms with Crippen LogP contribution < -0.4 is 16.4 Å². The maximum absolute atomic E-state index is 6.22. The van der Waals surface area contributed by atoms with Crippen molar-refractivity contribution >= 4 is 44.6 Å². The van der Waals surface area contributed by atoms with Crippen LogP contribution in [-0.2, 0) is 0 Å². The number of nitrogens with one attached hydrogen (secondary N) is 2. The van der Waals surface area contributed by atoms with Gasteiger partial charge in [-0.3, -0.25) is 0 Å². The van der Waals surface area contributed by atoms with E-state index >= 15 is 0 Å². The van der Waals surface area contributed by atoms with Crippen molar-refractivity contribution in [2.75, 3.05) is 16.4 Å². The van der Waals surface area contributed by atoms with Crippen LogP contribution in [0.25, 0.3) is 0 Å². The highest BCUT2D eigenvalue weighted by Crippen LogP contribution is 2.29. The molecule has 4 N–H and O–H groups in total. The summed E-state index contributed by atoms with van der Waals surface area (Å²) in [5.41, 5.74) is 11.0. The van der Waals surface area contributed by atoms with Gasteiger partial charge in [0, 0.05) is 15.8 Å². The quantitative estimate of drug-likeness (QED) is 0.595. The first kappa shape index (κ1) is 16.3. The molecule has 3 rings (SSSR count). The van der Waals surface area contributed by atoms with Crippen molar-refractivity contribution in [1.29, 1.82) is 0 Å². The maximum atomic E-state index is 6.22. The van der Waals surface area contributed by atoms with Crippen molar-refractivity contribution in [3.63, 3.8) is 0 Å². The average molecular weight is 384 g/mol. The largest absolute Gasteiger partial charge is 0.393 e. The fraction of sp³-hybridized carbons (Fsp3) is 0.111. The number of nitrogen functional groups attached to an aromatic ring is 1. The minimum Gasteiger partial charge on any atom is -0.393 e. The first-order valence-corrected chi connectivity index (χ1v) is 8.29. The zero-order chi connectivity index (χ0) is 17.1. The average Bonchev–Trinajstić information content (AvgIpc) is 2.55. The molecule has 2 aromatic carbocycles. The van der Waals surface area contributed by atoms with Gasteiger partial charge < -0.3 is 16.4 Å². The molecule has 0 aliphatic carbocycles. The van der Waals surface area contributed by atoms with Crippen LogP contribution >= 0.6 is 15.9 Å². The molecule has 1 aromatic heterocycles. The Morgan fingerprint density at radius 1 is 0.875 bits per heavy atom. The fourth-order valence-electron chi connectivity index (χ4n) is 2.25. The number of hydrogen-bond acceptors (Lipinski definition) is 5. The molecule has 0 unspecified atom stereocenters. The number of nitrogens with two attached hydrogens (primary N) is 1. The Balaban J connectivity index is 1.86. The summed E-state index contributed by atoms with van der Waals surface area (Å²) >= 11 is 3.45. The molecule has 0 aliphatic heterocycles. The summed E-state index contributed by atoms with van der Waals surface area (Å²) < 4.78 is 0.980. The van der Waals surface area contributed by atoms with Crippen LogP contribution in [0.4, 0.5) is 28.7 Å². The van der Waals surface area contributed by atoms with E-state index in [1.54, 1.807) is 0 Å². The predicted molar refractivity (Wildman–Crippen MR) is 103 cm³/mol. The van der Waals surface area contributed by atoms with E-state index in [0.717, 1.165) is 15.8 Å². The Labute approximate surface area is 149 Å². The number of anilines is 5. The Morgan fingerprint density at radius 3 is 2.17 bits per heavy atom. The number of aryl methyl sites for hydroxylation is 2. The van der Waals surface area contributed by atoms with Gasteiger partial charge in [0.15, 0.2) is 11.6 Å². The molecule has 6 heteroatoms. The SMILES string of the molecule is Cc1ccc(Nc2ncnc(Nc3cccc(Br)c3)c2N)cc1C. The molecular formula is C18H18BrN5. The minimum atomic E-state index is 0.468. The zero-order valence-electron chi connectivity index (χ0n) is 13.5. The molecule has 1 heterocycles. The van der Waals surface area contributed by atoms with Crippen molar-refractivity contribution in [3.8, 4) is 0 Å². The summed E-state index contributed by atoms with van der Waals surface area (Å²) in [6.45, 7) is 4.16. The lowest BCUT2D eigenvalue weighted by Gasteiger charge is -2.13. The van der Waals surface area contributed by atoms with Gasteiger partial charge in [0.05, 0.1) is 0 Å². The summed E-state index contributed by atoms with van der Waals surface area (Å²) in [7, 11) is 0. The molecule has 122 valence electrons. The molecule has 0 fully saturated rings. The van der Waals surface area contributed by atoms with Gasteiger partial charge in [-0.15, -0.1) is 0 Å². The second-order valence-electron chi connectivity index (χ2n) is 5.54. The zero-order valence-corrected chi connectivity index (χ0v) is 15.1. The third-order valence-electron chi connectivity index (χ3n) is 3.74. The lowest BCUT2D eigenvalue weighted by molar-refractivity contribution is 1.17. The van der Waals surface area contributed by atoms with Gasteiger partial charge in [-0.25, -0.2) is 9.97 Å². The summed E-state index contributed by atoms with van der Waals surface area (Å²) in [6.07, 6.45) is 1.49. The topological polar surface area (TPSA) is 75.9 Å². The van der Waals surface area contributed by atoms with Crippen LogP contribution in [0.5, 0.6) is 0 Å². The highest BCUT2D eigenvalue weighted by molar-refractivity contribution is 9.10. The van der Waals surface area contributed by atoms with Crippen molar-refractivity contribution in [2.45, 2.75) is 13.8 Å². The van der Waals surface area contributed by atoms with Crippen LogP contribution in [-0.4, -0.2) is 9.97 Å². The van der Waals surface area contributed by atoms with E-state index in [1.807, 2.05) is 30.3 Å². The third kappa shape index (κ3) is 3.65. The molecular weight excluding hydrogens is 366 g/mol. The number of rotatable bonds is 4. The van der Waals surface area contributed by atoms with Crippen molar-refractivity contribution in [1.82, 2.24) is 9.97 Å². The summed E-state index contributed by atoms with van der Waals surface area (Å²) in [6, 6.07) is 13.9. The number of halogens is 1. The van der Waals surface area contributed by atoms with E-state index in [-0.39, 0.29) is 0 Å². The standard InChI is InChI=1S/C18H18BrN5/c1-11-6-7-15(8-12(11)2)24-18-16(20)17(21-10-22-18)23-14-5-3-4-13(19)9-14/h3-10H,20H2,1-2H3,(H2,21,22,23,24). The van der Waals surface area contributed by atoms with E-state index in [1.165, 1.54) is 17.5 Å². The van der Waals surface area contributed by atoms with Gasteiger partial charge in [-0.2, -0.15) is 0 Å². The normalized spacial score (nSPS) is 10.5. The van der Waals surface area contributed by atoms with Gasteiger partial charge in [0.25, 0.3) is 0 Å². The molecule has 0 saturated heterocycles. The Kier molecular flexibility index (Phi) is 4.66. The molecule has 0 radical (unpaired) electrons. The summed E-state index contributed by atoms with van der Waals surface area (Å²) in [4.78, 5) is 8.48. The van der Waals surface area contributed by atoms with Gasteiger partial charge in [-0.05, 0) is 55.3 Å². The lowest BCUT2D eigenvalue weighted by Crippen LogP contribution is -2.05. The molecule has 24 heavy (non-hydrogen) atoms. The molecule has 0 spiro atoms. The van der Waals surface area contributed by atoms with Crippen LogP contribution in [0, 0.1) is 13.8 Å². The Bertz CT molecular complexity index is 879. The smallest absolute Gasteiger partial charge is 0.159 e. The first-order valence-electron chi connectivity index (χ1n) is 7.50. The molecule has 5 nitrogen and oxygen atoms in total. The second-order valence-corrected chi connectivity index (χ2v) is 6.46. The van der Waals surface area contributed by atoms with Gasteiger partial charge >= 0.3 is 0 Å². The number of nitrogens with zero attached hydrogens (tertiary/aromatic N) is 2. The Hall–Kier alpha value is -2.60. The van der Waals surface area contributed by atoms with E-state index in [9.17, 15) is 0 Å². The minimum absolute atomic E-state index is 0.468. The van der Waals surface area contributed by atoms with Crippen molar-refractivity contribution in [3.05, 3.63) is 64.4 Å². The Morgan fingerprint density at radius 2 is 1.54 bits per heavy atom. The molecule has 0 bridgehead atoms. The van der Waals surface area contributed by atoms with E-state index < -0.39 is 0 Å². The summed E-state index contributed by atoms with van der Waals surface area (Å²) in [5.74, 6) is 1.14.